The minimum Gasteiger partial charge on any atom is -0.462 e. The highest BCUT2D eigenvalue weighted by atomic mass is 16.5. The maximum absolute atomic E-state index is 12.0. The van der Waals surface area contributed by atoms with Gasteiger partial charge >= 0.3 is 5.97 Å². The second-order valence-electron chi connectivity index (χ2n) is 5.75. The first kappa shape index (κ1) is 19.3. The molecular formula is C18H23N5O3. The lowest BCUT2D eigenvalue weighted by Crippen LogP contribution is -2.31. The Morgan fingerprint density at radius 2 is 1.88 bits per heavy atom. The zero-order valence-corrected chi connectivity index (χ0v) is 15.2. The van der Waals surface area contributed by atoms with E-state index in [0.717, 1.165) is 6.54 Å². The third-order valence-corrected chi connectivity index (χ3v) is 3.43. The summed E-state index contributed by atoms with van der Waals surface area (Å²) in [7, 11) is 3.86. The lowest BCUT2D eigenvalue weighted by atomic mass is 10.2. The third kappa shape index (κ3) is 5.52. The van der Waals surface area contributed by atoms with Crippen LogP contribution in [0.15, 0.2) is 36.4 Å². The second kappa shape index (κ2) is 9.47. The predicted octanol–water partition coefficient (Wildman–Crippen LogP) is 1.69. The fourth-order valence-electron chi connectivity index (χ4n) is 2.12. The van der Waals surface area contributed by atoms with Crippen LogP contribution in [-0.2, 0) is 4.74 Å². The number of aromatic nitrogens is 2. The van der Waals surface area contributed by atoms with Crippen molar-refractivity contribution in [3.63, 3.8) is 0 Å². The number of carbonyl (C=O) groups excluding carboxylic acids is 2. The summed E-state index contributed by atoms with van der Waals surface area (Å²) in [5, 5.41) is 13.7. The number of nitrogens with one attached hydrogen (secondary N) is 2. The number of carbonyl (C=O) groups is 2. The standard InChI is InChI=1S/C18H23N5O3/c1-4-26-18(25)13-7-5-6-8-14(13)20-16-10-9-15(21-22-16)17(24)19-11-12-23(2)3/h5-10H,4,11-12H2,1-3H3,(H,19,24)(H,20,22). The summed E-state index contributed by atoms with van der Waals surface area (Å²) in [6, 6.07) is 10.2. The smallest absolute Gasteiger partial charge is 0.340 e. The highest BCUT2D eigenvalue weighted by Crippen LogP contribution is 2.20. The molecule has 0 bridgehead atoms. The zero-order chi connectivity index (χ0) is 18.9. The molecule has 8 heteroatoms. The number of anilines is 2. The second-order valence-corrected chi connectivity index (χ2v) is 5.75. The van der Waals surface area contributed by atoms with Gasteiger partial charge in [0.05, 0.1) is 17.9 Å². The van der Waals surface area contributed by atoms with Crippen LogP contribution in [0.5, 0.6) is 0 Å². The average molecular weight is 357 g/mol. The van der Waals surface area contributed by atoms with Crippen LogP contribution in [0.1, 0.15) is 27.8 Å². The molecular weight excluding hydrogens is 334 g/mol. The number of benzene rings is 1. The number of nitrogens with zero attached hydrogens (tertiary/aromatic N) is 3. The summed E-state index contributed by atoms with van der Waals surface area (Å²) in [6.45, 7) is 3.32. The molecule has 1 aromatic heterocycles. The van der Waals surface area contributed by atoms with Gasteiger partial charge in [0.1, 0.15) is 0 Å². The number of esters is 1. The largest absolute Gasteiger partial charge is 0.462 e. The number of ether oxygens (including phenoxy) is 1. The fourth-order valence-corrected chi connectivity index (χ4v) is 2.12. The molecule has 0 radical (unpaired) electrons. The molecule has 26 heavy (non-hydrogen) atoms. The molecule has 2 aromatic rings. The van der Waals surface area contributed by atoms with Gasteiger partial charge < -0.3 is 20.3 Å². The van der Waals surface area contributed by atoms with Crippen LogP contribution in [0.4, 0.5) is 11.5 Å². The van der Waals surface area contributed by atoms with Gasteiger partial charge in [-0.15, -0.1) is 10.2 Å². The average Bonchev–Trinajstić information content (AvgIpc) is 2.62. The molecule has 0 saturated carbocycles. The van der Waals surface area contributed by atoms with Gasteiger partial charge in [-0.05, 0) is 45.3 Å². The van der Waals surface area contributed by atoms with Crippen molar-refractivity contribution in [2.45, 2.75) is 6.92 Å². The molecule has 0 atom stereocenters. The summed E-state index contributed by atoms with van der Waals surface area (Å²) in [4.78, 5) is 26.0. The Labute approximate surface area is 152 Å². The fraction of sp³-hybridized carbons (Fsp3) is 0.333. The van der Waals surface area contributed by atoms with E-state index < -0.39 is 5.97 Å². The van der Waals surface area contributed by atoms with Crippen LogP contribution in [0.25, 0.3) is 0 Å². The van der Waals surface area contributed by atoms with Crippen LogP contribution < -0.4 is 10.6 Å². The van der Waals surface area contributed by atoms with E-state index in [2.05, 4.69) is 20.8 Å². The predicted molar refractivity (Wildman–Crippen MR) is 98.6 cm³/mol. The topological polar surface area (TPSA) is 96.4 Å². The van der Waals surface area contributed by atoms with Gasteiger partial charge in [0.2, 0.25) is 0 Å². The number of hydrogen-bond donors (Lipinski definition) is 2. The van der Waals surface area contributed by atoms with Crippen molar-refractivity contribution in [1.29, 1.82) is 0 Å². The monoisotopic (exact) mass is 357 g/mol. The van der Waals surface area contributed by atoms with Crippen molar-refractivity contribution < 1.29 is 14.3 Å². The molecule has 2 N–H and O–H groups in total. The van der Waals surface area contributed by atoms with Crippen LogP contribution in [-0.4, -0.2) is 60.8 Å². The van der Waals surface area contributed by atoms with E-state index in [0.29, 0.717) is 30.2 Å². The van der Waals surface area contributed by atoms with E-state index in [-0.39, 0.29) is 11.6 Å². The van der Waals surface area contributed by atoms with Crippen LogP contribution >= 0.6 is 0 Å². The Hall–Kier alpha value is -3.00. The molecule has 1 heterocycles. The molecule has 0 spiro atoms. The molecule has 1 aromatic carbocycles. The third-order valence-electron chi connectivity index (χ3n) is 3.43. The zero-order valence-electron chi connectivity index (χ0n) is 15.2. The van der Waals surface area contributed by atoms with Crippen molar-refractivity contribution in [3.8, 4) is 0 Å². The Kier molecular flexibility index (Phi) is 7.04. The van der Waals surface area contributed by atoms with Gasteiger partial charge in [-0.2, -0.15) is 0 Å². The van der Waals surface area contributed by atoms with E-state index in [4.69, 9.17) is 4.74 Å². The van der Waals surface area contributed by atoms with Crippen LogP contribution in [0, 0.1) is 0 Å². The van der Waals surface area contributed by atoms with E-state index in [1.165, 1.54) is 0 Å². The summed E-state index contributed by atoms with van der Waals surface area (Å²) >= 11 is 0. The van der Waals surface area contributed by atoms with Crippen LogP contribution in [0.3, 0.4) is 0 Å². The van der Waals surface area contributed by atoms with Crippen molar-refractivity contribution in [3.05, 3.63) is 47.7 Å². The molecule has 1 amide bonds. The first-order valence-corrected chi connectivity index (χ1v) is 8.31. The van der Waals surface area contributed by atoms with Crippen molar-refractivity contribution in [1.82, 2.24) is 20.4 Å². The Morgan fingerprint density at radius 3 is 2.54 bits per heavy atom. The molecule has 0 aliphatic carbocycles. The highest BCUT2D eigenvalue weighted by Gasteiger charge is 2.13. The summed E-state index contributed by atoms with van der Waals surface area (Å²) < 4.78 is 5.04. The lowest BCUT2D eigenvalue weighted by molar-refractivity contribution is 0.0527. The van der Waals surface area contributed by atoms with Gasteiger partial charge in [0.25, 0.3) is 5.91 Å². The highest BCUT2D eigenvalue weighted by molar-refractivity contribution is 5.96. The maximum Gasteiger partial charge on any atom is 0.340 e. The summed E-state index contributed by atoms with van der Waals surface area (Å²) in [5.74, 6) is -0.273. The normalized spacial score (nSPS) is 10.5. The quantitative estimate of drug-likeness (QED) is 0.694. The van der Waals surface area contributed by atoms with Crippen molar-refractivity contribution in [2.75, 3.05) is 39.1 Å². The summed E-state index contributed by atoms with van der Waals surface area (Å²) in [5.41, 5.74) is 1.19. The molecule has 0 unspecified atom stereocenters. The van der Waals surface area contributed by atoms with Gasteiger partial charge in [-0.25, -0.2) is 4.79 Å². The molecule has 8 nitrogen and oxygen atoms in total. The van der Waals surface area contributed by atoms with E-state index in [1.54, 1.807) is 43.3 Å². The number of likely N-dealkylation sites (N-methyl/N-ethyl adjacent to an activating group) is 1. The minimum atomic E-state index is -0.416. The Morgan fingerprint density at radius 1 is 1.12 bits per heavy atom. The SMILES string of the molecule is CCOC(=O)c1ccccc1Nc1ccc(C(=O)NCCN(C)C)nn1. The summed E-state index contributed by atoms with van der Waals surface area (Å²) in [6.07, 6.45) is 0. The van der Waals surface area contributed by atoms with Gasteiger partial charge in [-0.3, -0.25) is 4.79 Å². The lowest BCUT2D eigenvalue weighted by Gasteiger charge is -2.11. The molecule has 0 fully saturated rings. The molecule has 0 aliphatic rings. The first-order valence-electron chi connectivity index (χ1n) is 8.31. The van der Waals surface area contributed by atoms with Crippen molar-refractivity contribution in [2.24, 2.45) is 0 Å². The van der Waals surface area contributed by atoms with Crippen molar-refractivity contribution >= 4 is 23.4 Å². The van der Waals surface area contributed by atoms with E-state index in [9.17, 15) is 9.59 Å². The number of hydrogen-bond acceptors (Lipinski definition) is 7. The van der Waals surface area contributed by atoms with E-state index >= 15 is 0 Å². The van der Waals surface area contributed by atoms with Gasteiger partial charge in [0, 0.05) is 13.1 Å². The maximum atomic E-state index is 12.0. The number of amides is 1. The molecule has 0 saturated heterocycles. The van der Waals surface area contributed by atoms with Crippen LogP contribution in [0.2, 0.25) is 0 Å². The molecule has 138 valence electrons. The molecule has 2 rings (SSSR count). The van der Waals surface area contributed by atoms with Gasteiger partial charge in [-0.1, -0.05) is 12.1 Å². The Balaban J connectivity index is 2.04. The van der Waals surface area contributed by atoms with Gasteiger partial charge in [0.15, 0.2) is 11.5 Å². The minimum absolute atomic E-state index is 0.230. The van der Waals surface area contributed by atoms with E-state index in [1.807, 2.05) is 19.0 Å². The number of para-hydroxylation sites is 1. The number of rotatable bonds is 8. The first-order chi connectivity index (χ1) is 12.5. The Bertz CT molecular complexity index is 747. The molecule has 0 aliphatic heterocycles.